The number of aryl methyl sites for hydroxylation is 1. The predicted octanol–water partition coefficient (Wildman–Crippen LogP) is 2.63. The highest BCUT2D eigenvalue weighted by Crippen LogP contribution is 2.26. The van der Waals surface area contributed by atoms with E-state index >= 15 is 0 Å². The largest absolute Gasteiger partial charge is 0.465 e. The van der Waals surface area contributed by atoms with E-state index in [4.69, 9.17) is 0 Å². The number of benzene rings is 2. The van der Waals surface area contributed by atoms with Crippen molar-refractivity contribution >= 4 is 23.5 Å². The molecule has 0 bridgehead atoms. The number of hydrogen-bond donors (Lipinski definition) is 1. The van der Waals surface area contributed by atoms with Crippen LogP contribution in [0.4, 0.5) is 10.1 Å². The van der Waals surface area contributed by atoms with E-state index in [1.165, 1.54) is 18.1 Å². The number of nitrogens with zero attached hydrogens (tertiary/aromatic N) is 1. The van der Waals surface area contributed by atoms with Crippen LogP contribution >= 0.6 is 0 Å². The Morgan fingerprint density at radius 3 is 2.59 bits per heavy atom. The standard InChI is InChI=1S/C22H23FN2O4/c1-14-3-8-18(12-19(14)23)25-13-17(11-20(25)26)21(27)24-10-9-15-4-6-16(7-5-15)22(28)29-2/h3-8,12,17H,9-11,13H2,1-2H3,(H,24,27). The summed E-state index contributed by atoms with van der Waals surface area (Å²) in [5.74, 6) is -1.62. The number of esters is 1. The van der Waals surface area contributed by atoms with Crippen molar-refractivity contribution in [3.05, 3.63) is 65.0 Å². The minimum absolute atomic E-state index is 0.106. The zero-order valence-electron chi connectivity index (χ0n) is 16.4. The monoisotopic (exact) mass is 398 g/mol. The molecule has 2 amide bonds. The van der Waals surface area contributed by atoms with Crippen LogP contribution in [0.1, 0.15) is 27.9 Å². The smallest absolute Gasteiger partial charge is 0.337 e. The zero-order chi connectivity index (χ0) is 21.0. The summed E-state index contributed by atoms with van der Waals surface area (Å²) in [4.78, 5) is 37.6. The fraction of sp³-hybridized carbons (Fsp3) is 0.318. The number of nitrogens with one attached hydrogen (secondary N) is 1. The Bertz CT molecular complexity index is 927. The third-order valence-electron chi connectivity index (χ3n) is 5.05. The molecule has 0 aromatic heterocycles. The van der Waals surface area contributed by atoms with Gasteiger partial charge in [-0.1, -0.05) is 18.2 Å². The topological polar surface area (TPSA) is 75.7 Å². The molecule has 1 aliphatic rings. The lowest BCUT2D eigenvalue weighted by Crippen LogP contribution is -2.34. The maximum absolute atomic E-state index is 13.8. The van der Waals surface area contributed by atoms with E-state index in [9.17, 15) is 18.8 Å². The second-order valence-corrected chi connectivity index (χ2v) is 7.07. The van der Waals surface area contributed by atoms with Gasteiger partial charge in [0.15, 0.2) is 0 Å². The van der Waals surface area contributed by atoms with Gasteiger partial charge in [-0.2, -0.15) is 0 Å². The zero-order valence-corrected chi connectivity index (χ0v) is 16.4. The molecule has 1 unspecified atom stereocenters. The summed E-state index contributed by atoms with van der Waals surface area (Å²) in [6.45, 7) is 2.31. The van der Waals surface area contributed by atoms with E-state index in [1.54, 1.807) is 31.2 Å². The van der Waals surface area contributed by atoms with E-state index in [1.807, 2.05) is 12.1 Å². The molecule has 29 heavy (non-hydrogen) atoms. The maximum Gasteiger partial charge on any atom is 0.337 e. The number of carbonyl (C=O) groups excluding carboxylic acids is 3. The molecule has 1 N–H and O–H groups in total. The van der Waals surface area contributed by atoms with Crippen molar-refractivity contribution in [1.82, 2.24) is 5.32 Å². The summed E-state index contributed by atoms with van der Waals surface area (Å²) in [5.41, 5.74) is 2.42. The Kier molecular flexibility index (Phi) is 6.26. The summed E-state index contributed by atoms with van der Waals surface area (Å²) in [5, 5.41) is 2.85. The summed E-state index contributed by atoms with van der Waals surface area (Å²) < 4.78 is 18.4. The van der Waals surface area contributed by atoms with Gasteiger partial charge in [0, 0.05) is 25.2 Å². The van der Waals surface area contributed by atoms with Gasteiger partial charge in [-0.3, -0.25) is 9.59 Å². The van der Waals surface area contributed by atoms with Crippen molar-refractivity contribution in [2.45, 2.75) is 19.8 Å². The molecule has 1 saturated heterocycles. The van der Waals surface area contributed by atoms with Crippen LogP contribution in [0.3, 0.4) is 0 Å². The third-order valence-corrected chi connectivity index (χ3v) is 5.05. The molecule has 0 saturated carbocycles. The van der Waals surface area contributed by atoms with E-state index in [-0.39, 0.29) is 30.6 Å². The molecule has 2 aromatic carbocycles. The molecule has 0 radical (unpaired) electrons. The van der Waals surface area contributed by atoms with Crippen LogP contribution in [0, 0.1) is 18.7 Å². The normalized spacial score (nSPS) is 16.0. The highest BCUT2D eigenvalue weighted by Gasteiger charge is 2.35. The van der Waals surface area contributed by atoms with Crippen molar-refractivity contribution in [2.75, 3.05) is 25.1 Å². The number of amides is 2. The predicted molar refractivity (Wildman–Crippen MR) is 106 cm³/mol. The molecule has 1 atom stereocenters. The van der Waals surface area contributed by atoms with Gasteiger partial charge in [-0.15, -0.1) is 0 Å². The summed E-state index contributed by atoms with van der Waals surface area (Å²) in [7, 11) is 1.33. The average molecular weight is 398 g/mol. The number of carbonyl (C=O) groups is 3. The van der Waals surface area contributed by atoms with Crippen LogP contribution < -0.4 is 10.2 Å². The van der Waals surface area contributed by atoms with E-state index in [2.05, 4.69) is 10.1 Å². The van der Waals surface area contributed by atoms with Crippen LogP contribution in [0.2, 0.25) is 0 Å². The highest BCUT2D eigenvalue weighted by atomic mass is 19.1. The Hall–Kier alpha value is -3.22. The molecule has 1 aliphatic heterocycles. The molecule has 0 aliphatic carbocycles. The van der Waals surface area contributed by atoms with E-state index in [0.717, 1.165) is 5.56 Å². The first-order valence-electron chi connectivity index (χ1n) is 9.40. The molecule has 7 heteroatoms. The van der Waals surface area contributed by atoms with Crippen molar-refractivity contribution in [1.29, 1.82) is 0 Å². The number of methoxy groups -OCH3 is 1. The highest BCUT2D eigenvalue weighted by molar-refractivity contribution is 6.00. The quantitative estimate of drug-likeness (QED) is 0.759. The summed E-state index contributed by atoms with van der Waals surface area (Å²) in [6, 6.07) is 11.6. The fourth-order valence-electron chi connectivity index (χ4n) is 3.28. The van der Waals surface area contributed by atoms with Crippen LogP contribution in [-0.4, -0.2) is 38.0 Å². The minimum atomic E-state index is -0.464. The van der Waals surface area contributed by atoms with Gasteiger partial charge in [0.25, 0.3) is 0 Å². The number of hydrogen-bond acceptors (Lipinski definition) is 4. The van der Waals surface area contributed by atoms with Gasteiger partial charge < -0.3 is 15.0 Å². The SMILES string of the molecule is COC(=O)c1ccc(CCNC(=O)C2CC(=O)N(c3ccc(C)c(F)c3)C2)cc1. The third kappa shape index (κ3) is 4.80. The number of halogens is 1. The lowest BCUT2D eigenvalue weighted by molar-refractivity contribution is -0.126. The van der Waals surface area contributed by atoms with E-state index < -0.39 is 11.9 Å². The van der Waals surface area contributed by atoms with E-state index in [0.29, 0.717) is 29.8 Å². The van der Waals surface area contributed by atoms with Crippen LogP contribution in [0.15, 0.2) is 42.5 Å². The second-order valence-electron chi connectivity index (χ2n) is 7.07. The Morgan fingerprint density at radius 1 is 1.21 bits per heavy atom. The first-order valence-corrected chi connectivity index (χ1v) is 9.40. The lowest BCUT2D eigenvalue weighted by Gasteiger charge is -2.17. The maximum atomic E-state index is 13.8. The molecular weight excluding hydrogens is 375 g/mol. The lowest BCUT2D eigenvalue weighted by atomic mass is 10.1. The molecule has 2 aromatic rings. The van der Waals surface area contributed by atoms with Crippen LogP contribution in [0.25, 0.3) is 0 Å². The minimum Gasteiger partial charge on any atom is -0.465 e. The Morgan fingerprint density at radius 2 is 1.93 bits per heavy atom. The van der Waals surface area contributed by atoms with Gasteiger partial charge in [0.05, 0.1) is 18.6 Å². The average Bonchev–Trinajstić information content (AvgIpc) is 3.11. The Labute approximate surface area is 168 Å². The van der Waals surface area contributed by atoms with Gasteiger partial charge in [-0.25, -0.2) is 9.18 Å². The van der Waals surface area contributed by atoms with Gasteiger partial charge >= 0.3 is 5.97 Å². The second kappa shape index (κ2) is 8.86. The fourth-order valence-corrected chi connectivity index (χ4v) is 3.28. The molecule has 152 valence electrons. The number of ether oxygens (including phenoxy) is 1. The van der Waals surface area contributed by atoms with Crippen molar-refractivity contribution in [3.8, 4) is 0 Å². The first-order chi connectivity index (χ1) is 13.9. The van der Waals surface area contributed by atoms with Gasteiger partial charge in [0.2, 0.25) is 11.8 Å². The Balaban J connectivity index is 1.51. The van der Waals surface area contributed by atoms with Crippen molar-refractivity contribution < 1.29 is 23.5 Å². The van der Waals surface area contributed by atoms with Crippen molar-refractivity contribution in [2.24, 2.45) is 5.92 Å². The summed E-state index contributed by atoms with van der Waals surface area (Å²) >= 11 is 0. The number of rotatable bonds is 6. The van der Waals surface area contributed by atoms with Crippen LogP contribution in [-0.2, 0) is 20.7 Å². The molecule has 1 fully saturated rings. The first kappa shape index (κ1) is 20.5. The van der Waals surface area contributed by atoms with Gasteiger partial charge in [-0.05, 0) is 48.7 Å². The number of anilines is 1. The molecule has 1 heterocycles. The van der Waals surface area contributed by atoms with Crippen molar-refractivity contribution in [3.63, 3.8) is 0 Å². The molecule has 6 nitrogen and oxygen atoms in total. The summed E-state index contributed by atoms with van der Waals surface area (Å²) in [6.07, 6.45) is 0.704. The van der Waals surface area contributed by atoms with Gasteiger partial charge in [0.1, 0.15) is 5.82 Å². The molecule has 3 rings (SSSR count). The molecule has 0 spiro atoms. The molecular formula is C22H23FN2O4. The van der Waals surface area contributed by atoms with Crippen LogP contribution in [0.5, 0.6) is 0 Å².